The highest BCUT2D eigenvalue weighted by Gasteiger charge is 2.29. The first-order chi connectivity index (χ1) is 12.2. The van der Waals surface area contributed by atoms with Crippen molar-refractivity contribution in [1.82, 2.24) is 25.1 Å². The Balaban J connectivity index is 1.70. The molecular formula is C18H25N5OS. The zero-order valence-electron chi connectivity index (χ0n) is 14.8. The molecule has 0 unspecified atom stereocenters. The van der Waals surface area contributed by atoms with Crippen molar-refractivity contribution >= 4 is 17.7 Å². The van der Waals surface area contributed by atoms with Crippen molar-refractivity contribution in [2.75, 3.05) is 6.54 Å². The van der Waals surface area contributed by atoms with E-state index < -0.39 is 0 Å². The Morgan fingerprint density at radius 3 is 2.68 bits per heavy atom. The predicted octanol–water partition coefficient (Wildman–Crippen LogP) is 3.32. The largest absolute Gasteiger partial charge is 0.339 e. The van der Waals surface area contributed by atoms with Crippen LogP contribution in [-0.4, -0.2) is 48.9 Å². The number of amides is 1. The summed E-state index contributed by atoms with van der Waals surface area (Å²) in [7, 11) is 0. The van der Waals surface area contributed by atoms with Gasteiger partial charge in [-0.3, -0.25) is 4.79 Å². The first-order valence-electron chi connectivity index (χ1n) is 9.01. The molecule has 2 aromatic rings. The van der Waals surface area contributed by atoms with Gasteiger partial charge in [0.1, 0.15) is 0 Å². The summed E-state index contributed by atoms with van der Waals surface area (Å²) in [4.78, 5) is 15.0. The maximum absolute atomic E-state index is 13.0. The monoisotopic (exact) mass is 359 g/mol. The van der Waals surface area contributed by atoms with Crippen LogP contribution in [0.15, 0.2) is 35.5 Å². The van der Waals surface area contributed by atoms with E-state index in [0.29, 0.717) is 11.2 Å². The highest BCUT2D eigenvalue weighted by molar-refractivity contribution is 8.00. The minimum atomic E-state index is -0.213. The number of aromatic nitrogens is 4. The van der Waals surface area contributed by atoms with Gasteiger partial charge in [-0.25, -0.2) is 0 Å². The van der Waals surface area contributed by atoms with Gasteiger partial charge in [0.15, 0.2) is 0 Å². The molecule has 0 radical (unpaired) electrons. The van der Waals surface area contributed by atoms with E-state index in [1.54, 1.807) is 4.68 Å². The molecule has 134 valence electrons. The van der Waals surface area contributed by atoms with E-state index in [2.05, 4.69) is 22.4 Å². The molecule has 1 fully saturated rings. The number of hydrogen-bond donors (Lipinski definition) is 0. The Hall–Kier alpha value is -1.89. The van der Waals surface area contributed by atoms with Crippen LogP contribution in [0, 0.1) is 0 Å². The number of benzene rings is 1. The number of para-hydroxylation sites is 1. The van der Waals surface area contributed by atoms with Crippen molar-refractivity contribution in [3.8, 4) is 5.69 Å². The maximum atomic E-state index is 13.0. The fraction of sp³-hybridized carbons (Fsp3) is 0.556. The van der Waals surface area contributed by atoms with Gasteiger partial charge in [0.2, 0.25) is 11.1 Å². The Morgan fingerprint density at radius 1 is 1.28 bits per heavy atom. The highest BCUT2D eigenvalue weighted by atomic mass is 32.2. The first kappa shape index (κ1) is 17.9. The quantitative estimate of drug-likeness (QED) is 0.740. The molecule has 1 saturated carbocycles. The number of nitrogens with zero attached hydrogens (tertiary/aromatic N) is 5. The van der Waals surface area contributed by atoms with Gasteiger partial charge in [-0.15, -0.1) is 5.10 Å². The predicted molar refractivity (Wildman–Crippen MR) is 98.7 cm³/mol. The van der Waals surface area contributed by atoms with Gasteiger partial charge in [-0.05, 0) is 49.2 Å². The van der Waals surface area contributed by atoms with E-state index >= 15 is 0 Å². The molecule has 0 aliphatic heterocycles. The Kier molecular flexibility index (Phi) is 6.07. The van der Waals surface area contributed by atoms with E-state index in [1.165, 1.54) is 31.0 Å². The lowest BCUT2D eigenvalue weighted by Crippen LogP contribution is -2.44. The standard InChI is InChI=1S/C18H25N5OS/c1-3-22(15-10-6-4-7-11-15)17(24)14(2)25-18-19-20-21-23(18)16-12-8-5-9-13-16/h5,8-9,12-15H,3-4,6-7,10-11H2,1-2H3/t14-/m0/s1. The lowest BCUT2D eigenvalue weighted by atomic mass is 9.94. The van der Waals surface area contributed by atoms with Crippen molar-refractivity contribution < 1.29 is 4.79 Å². The molecule has 0 spiro atoms. The molecule has 1 aromatic heterocycles. The third-order valence-electron chi connectivity index (χ3n) is 4.71. The van der Waals surface area contributed by atoms with Gasteiger partial charge >= 0.3 is 0 Å². The zero-order chi connectivity index (χ0) is 17.6. The summed E-state index contributed by atoms with van der Waals surface area (Å²) in [6.07, 6.45) is 5.99. The summed E-state index contributed by atoms with van der Waals surface area (Å²) >= 11 is 1.42. The molecule has 0 N–H and O–H groups in total. The van der Waals surface area contributed by atoms with Gasteiger partial charge < -0.3 is 4.90 Å². The van der Waals surface area contributed by atoms with Crippen LogP contribution in [0.2, 0.25) is 0 Å². The van der Waals surface area contributed by atoms with Crippen molar-refractivity contribution in [3.05, 3.63) is 30.3 Å². The fourth-order valence-electron chi connectivity index (χ4n) is 3.41. The summed E-state index contributed by atoms with van der Waals surface area (Å²) in [5.74, 6) is 0.182. The van der Waals surface area contributed by atoms with Gasteiger partial charge in [0.25, 0.3) is 0 Å². The molecule has 0 bridgehead atoms. The minimum absolute atomic E-state index is 0.182. The molecular weight excluding hydrogens is 334 g/mol. The molecule has 3 rings (SSSR count). The zero-order valence-corrected chi connectivity index (χ0v) is 15.7. The Labute approximate surface area is 153 Å². The van der Waals surface area contributed by atoms with E-state index in [9.17, 15) is 4.79 Å². The summed E-state index contributed by atoms with van der Waals surface area (Å²) in [6, 6.07) is 10.1. The van der Waals surface area contributed by atoms with Crippen LogP contribution in [0.5, 0.6) is 0 Å². The molecule has 1 aliphatic rings. The van der Waals surface area contributed by atoms with E-state index in [1.807, 2.05) is 42.2 Å². The van der Waals surface area contributed by atoms with Gasteiger partial charge in [-0.2, -0.15) is 4.68 Å². The molecule has 6 nitrogen and oxygen atoms in total. The molecule has 1 atom stereocenters. The van der Waals surface area contributed by atoms with Crippen LogP contribution in [0.1, 0.15) is 46.0 Å². The molecule has 25 heavy (non-hydrogen) atoms. The van der Waals surface area contributed by atoms with Crippen molar-refractivity contribution in [2.45, 2.75) is 62.4 Å². The minimum Gasteiger partial charge on any atom is -0.339 e. The fourth-order valence-corrected chi connectivity index (χ4v) is 4.29. The van der Waals surface area contributed by atoms with Gasteiger partial charge in [-0.1, -0.05) is 49.2 Å². The number of tetrazole rings is 1. The molecule has 1 aliphatic carbocycles. The lowest BCUT2D eigenvalue weighted by Gasteiger charge is -2.35. The number of rotatable bonds is 6. The molecule has 0 saturated heterocycles. The third-order valence-corrected chi connectivity index (χ3v) is 5.73. The normalized spacial score (nSPS) is 16.6. The number of carbonyl (C=O) groups is 1. The van der Waals surface area contributed by atoms with Crippen LogP contribution >= 0.6 is 11.8 Å². The van der Waals surface area contributed by atoms with Crippen molar-refractivity contribution in [3.63, 3.8) is 0 Å². The van der Waals surface area contributed by atoms with Crippen LogP contribution in [0.3, 0.4) is 0 Å². The SMILES string of the molecule is CCN(C(=O)[C@H](C)Sc1nnnn1-c1ccccc1)C1CCCCC1. The molecule has 1 amide bonds. The van der Waals surface area contributed by atoms with Crippen LogP contribution in [0.4, 0.5) is 0 Å². The second-order valence-electron chi connectivity index (χ2n) is 6.38. The first-order valence-corrected chi connectivity index (χ1v) is 9.89. The summed E-state index contributed by atoms with van der Waals surface area (Å²) in [5, 5.41) is 12.4. The third kappa shape index (κ3) is 4.21. The second-order valence-corrected chi connectivity index (χ2v) is 7.69. The maximum Gasteiger partial charge on any atom is 0.236 e. The van der Waals surface area contributed by atoms with E-state index in [0.717, 1.165) is 25.1 Å². The average Bonchev–Trinajstić information content (AvgIpc) is 3.12. The molecule has 1 heterocycles. The smallest absolute Gasteiger partial charge is 0.236 e. The van der Waals surface area contributed by atoms with Crippen LogP contribution in [0.25, 0.3) is 5.69 Å². The highest BCUT2D eigenvalue weighted by Crippen LogP contribution is 2.28. The summed E-state index contributed by atoms with van der Waals surface area (Å²) < 4.78 is 1.69. The number of thioether (sulfide) groups is 1. The van der Waals surface area contributed by atoms with Gasteiger partial charge in [0.05, 0.1) is 10.9 Å². The summed E-state index contributed by atoms with van der Waals surface area (Å²) in [6.45, 7) is 4.78. The second kappa shape index (κ2) is 8.47. The van der Waals surface area contributed by atoms with Crippen LogP contribution in [-0.2, 0) is 4.79 Å². The number of hydrogen-bond acceptors (Lipinski definition) is 5. The average molecular weight is 359 g/mol. The molecule has 7 heteroatoms. The van der Waals surface area contributed by atoms with E-state index in [4.69, 9.17) is 0 Å². The van der Waals surface area contributed by atoms with Crippen molar-refractivity contribution in [2.24, 2.45) is 0 Å². The van der Waals surface area contributed by atoms with Gasteiger partial charge in [0, 0.05) is 12.6 Å². The Bertz CT molecular complexity index is 684. The lowest BCUT2D eigenvalue weighted by molar-refractivity contribution is -0.133. The van der Waals surface area contributed by atoms with Crippen molar-refractivity contribution in [1.29, 1.82) is 0 Å². The summed E-state index contributed by atoms with van der Waals surface area (Å²) in [5.41, 5.74) is 0.897. The molecule has 1 aromatic carbocycles. The Morgan fingerprint density at radius 2 is 2.00 bits per heavy atom. The van der Waals surface area contributed by atoms with E-state index in [-0.39, 0.29) is 11.2 Å². The topological polar surface area (TPSA) is 63.9 Å². The van der Waals surface area contributed by atoms with Crippen LogP contribution < -0.4 is 0 Å². The number of carbonyl (C=O) groups excluding carboxylic acids is 1.